The minimum absolute atomic E-state index is 0.0154. The second-order valence-corrected chi connectivity index (χ2v) is 26.3. The van der Waals surface area contributed by atoms with Gasteiger partial charge in [-0.25, -0.2) is 0 Å². The van der Waals surface area contributed by atoms with Crippen LogP contribution >= 0.6 is 0 Å². The number of aliphatic hydroxyl groups is 2. The smallest absolute Gasteiger partial charge is 0.305 e. The Kier molecular flexibility index (Phi) is 71.9. The highest BCUT2D eigenvalue weighted by Gasteiger charge is 2.18. The average molecular weight is 1180 g/mol. The monoisotopic (exact) mass is 1180 g/mol. The Morgan fingerprint density at radius 2 is 0.560 bits per heavy atom. The number of carbonyl (C=O) groups is 2. The van der Waals surface area contributed by atoms with Crippen molar-refractivity contribution in [2.75, 3.05) is 13.2 Å². The van der Waals surface area contributed by atoms with Gasteiger partial charge < -0.3 is 20.3 Å². The van der Waals surface area contributed by atoms with Crippen molar-refractivity contribution < 1.29 is 24.5 Å². The molecule has 6 nitrogen and oxygen atoms in total. The molecule has 0 fully saturated rings. The second kappa shape index (κ2) is 73.5. The van der Waals surface area contributed by atoms with Crippen LogP contribution in [-0.4, -0.2) is 47.4 Å². The normalized spacial score (nSPS) is 12.7. The highest BCUT2D eigenvalue weighted by molar-refractivity contribution is 5.76. The molecule has 1 amide bonds. The quantitative estimate of drug-likeness (QED) is 0.0320. The highest BCUT2D eigenvalue weighted by Crippen LogP contribution is 2.19. The SMILES string of the molecule is CCCCCCCCC/C=C\CCCCCCCC(=O)OCCCCCCCCCCCCCCCCCCCC/C=C\CCCCCCCCCCCCCCCCCCCC(=O)NC(CO)C(O)/C=C/CCCCCCCCCCCC. The van der Waals surface area contributed by atoms with Gasteiger partial charge >= 0.3 is 5.97 Å². The lowest BCUT2D eigenvalue weighted by molar-refractivity contribution is -0.143. The van der Waals surface area contributed by atoms with Crippen LogP contribution in [-0.2, 0) is 14.3 Å². The summed E-state index contributed by atoms with van der Waals surface area (Å²) in [5, 5.41) is 23.1. The summed E-state index contributed by atoms with van der Waals surface area (Å²) in [4.78, 5) is 24.6. The fraction of sp³-hybridized carbons (Fsp3) is 0.897. The topological polar surface area (TPSA) is 95.9 Å². The van der Waals surface area contributed by atoms with Crippen LogP contribution < -0.4 is 5.32 Å². The largest absolute Gasteiger partial charge is 0.466 e. The molecule has 3 N–H and O–H groups in total. The highest BCUT2D eigenvalue weighted by atomic mass is 16.5. The van der Waals surface area contributed by atoms with Crippen LogP contribution in [0, 0.1) is 0 Å². The second-order valence-electron chi connectivity index (χ2n) is 26.3. The Balaban J connectivity index is 3.31. The van der Waals surface area contributed by atoms with Gasteiger partial charge in [0, 0.05) is 12.8 Å². The van der Waals surface area contributed by atoms with Crippen LogP contribution in [0.2, 0.25) is 0 Å². The van der Waals surface area contributed by atoms with Crippen molar-refractivity contribution in [2.45, 2.75) is 437 Å². The third-order valence-electron chi connectivity index (χ3n) is 17.9. The van der Waals surface area contributed by atoms with E-state index >= 15 is 0 Å². The van der Waals surface area contributed by atoms with E-state index in [0.29, 0.717) is 19.4 Å². The first kappa shape index (κ1) is 82.1. The summed E-state index contributed by atoms with van der Waals surface area (Å²) in [5.74, 6) is -0.0472. The van der Waals surface area contributed by atoms with Crippen molar-refractivity contribution in [1.29, 1.82) is 0 Å². The van der Waals surface area contributed by atoms with Gasteiger partial charge in [0.25, 0.3) is 0 Å². The summed E-state index contributed by atoms with van der Waals surface area (Å²) in [5.41, 5.74) is 0. The Labute approximate surface area is 525 Å². The van der Waals surface area contributed by atoms with Crippen molar-refractivity contribution >= 4 is 11.9 Å². The lowest BCUT2D eigenvalue weighted by Crippen LogP contribution is -2.45. The van der Waals surface area contributed by atoms with Crippen molar-refractivity contribution in [1.82, 2.24) is 5.32 Å². The molecule has 0 aliphatic carbocycles. The zero-order valence-electron chi connectivity index (χ0n) is 56.9. The van der Waals surface area contributed by atoms with Crippen molar-refractivity contribution in [3.8, 4) is 0 Å². The molecule has 6 heteroatoms. The molecule has 0 saturated carbocycles. The molecule has 496 valence electrons. The molecule has 0 saturated heterocycles. The van der Waals surface area contributed by atoms with Gasteiger partial charge in [0.05, 0.1) is 25.4 Å². The summed E-state index contributed by atoms with van der Waals surface area (Å²) in [6.45, 7) is 4.92. The lowest BCUT2D eigenvalue weighted by Gasteiger charge is -2.20. The van der Waals surface area contributed by atoms with E-state index in [2.05, 4.69) is 43.5 Å². The van der Waals surface area contributed by atoms with E-state index in [4.69, 9.17) is 4.74 Å². The Bertz CT molecular complexity index is 1360. The number of aliphatic hydroxyl groups excluding tert-OH is 2. The van der Waals surface area contributed by atoms with Gasteiger partial charge in [0.2, 0.25) is 5.91 Å². The molecule has 0 spiro atoms. The van der Waals surface area contributed by atoms with Crippen LogP contribution in [0.15, 0.2) is 36.5 Å². The third-order valence-corrected chi connectivity index (χ3v) is 17.9. The van der Waals surface area contributed by atoms with Gasteiger partial charge in [-0.15, -0.1) is 0 Å². The van der Waals surface area contributed by atoms with Crippen LogP contribution in [0.4, 0.5) is 0 Å². The average Bonchev–Trinajstić information content (AvgIpc) is 3.50. The number of allylic oxidation sites excluding steroid dienone is 5. The van der Waals surface area contributed by atoms with Gasteiger partial charge in [0.15, 0.2) is 0 Å². The van der Waals surface area contributed by atoms with E-state index in [1.807, 2.05) is 6.08 Å². The maximum Gasteiger partial charge on any atom is 0.305 e. The molecule has 0 aromatic carbocycles. The van der Waals surface area contributed by atoms with Gasteiger partial charge in [-0.05, 0) is 83.5 Å². The molecule has 0 aliphatic rings. The lowest BCUT2D eigenvalue weighted by atomic mass is 10.0. The van der Waals surface area contributed by atoms with Crippen molar-refractivity contribution in [3.05, 3.63) is 36.5 Å². The van der Waals surface area contributed by atoms with Crippen LogP contribution in [0.3, 0.4) is 0 Å². The van der Waals surface area contributed by atoms with E-state index in [9.17, 15) is 19.8 Å². The molecule has 2 unspecified atom stereocenters. The maximum absolute atomic E-state index is 12.5. The number of amides is 1. The third kappa shape index (κ3) is 69.2. The summed E-state index contributed by atoms with van der Waals surface area (Å²) in [6, 6.07) is -0.623. The van der Waals surface area contributed by atoms with Gasteiger partial charge in [-0.1, -0.05) is 365 Å². The Morgan fingerprint density at radius 1 is 0.321 bits per heavy atom. The fourth-order valence-electron chi connectivity index (χ4n) is 12.0. The molecule has 0 radical (unpaired) electrons. The molecule has 0 aliphatic heterocycles. The predicted octanol–water partition coefficient (Wildman–Crippen LogP) is 25.0. The summed E-state index contributed by atoms with van der Waals surface area (Å²) >= 11 is 0. The minimum Gasteiger partial charge on any atom is -0.466 e. The number of unbranched alkanes of at least 4 members (excludes halogenated alkanes) is 57. The number of nitrogens with one attached hydrogen (secondary N) is 1. The van der Waals surface area contributed by atoms with Crippen molar-refractivity contribution in [3.63, 3.8) is 0 Å². The molecule has 0 rings (SSSR count). The number of hydrogen-bond acceptors (Lipinski definition) is 5. The van der Waals surface area contributed by atoms with Crippen molar-refractivity contribution in [2.24, 2.45) is 0 Å². The van der Waals surface area contributed by atoms with Crippen LogP contribution in [0.1, 0.15) is 425 Å². The van der Waals surface area contributed by atoms with E-state index in [0.717, 1.165) is 44.9 Å². The first-order valence-corrected chi connectivity index (χ1v) is 38.3. The van der Waals surface area contributed by atoms with Gasteiger partial charge in [-0.2, -0.15) is 0 Å². The standard InChI is InChI=1S/C78H149NO5/c1-3-5-7-9-11-13-15-17-18-45-48-52-56-60-64-68-72-78(83)84-73-69-65-61-57-53-49-46-43-41-39-37-35-33-31-29-27-25-23-21-19-20-22-24-26-28-30-32-34-36-38-40-42-44-47-51-55-59-63-67-71-77(82)79-75(74-80)76(81)70-66-62-58-54-50-16-14-12-10-8-6-4-2/h18-20,45,66,70,75-76,80-81H,3-17,21-44,46-65,67-69,71-74H2,1-2H3,(H,79,82)/b20-19-,45-18-,70-66+. The number of carbonyl (C=O) groups excluding carboxylic acids is 2. The number of rotatable bonds is 72. The first-order valence-electron chi connectivity index (χ1n) is 38.3. The van der Waals surface area contributed by atoms with Gasteiger partial charge in [-0.3, -0.25) is 9.59 Å². The minimum atomic E-state index is -0.840. The zero-order valence-corrected chi connectivity index (χ0v) is 56.9. The molecule has 0 bridgehead atoms. The fourth-order valence-corrected chi connectivity index (χ4v) is 12.0. The number of esters is 1. The summed E-state index contributed by atoms with van der Waals surface area (Å²) in [7, 11) is 0. The maximum atomic E-state index is 12.5. The predicted molar refractivity (Wildman–Crippen MR) is 370 cm³/mol. The molecule has 0 heterocycles. The Morgan fingerprint density at radius 3 is 0.845 bits per heavy atom. The first-order chi connectivity index (χ1) is 41.5. The van der Waals surface area contributed by atoms with Gasteiger partial charge in [0.1, 0.15) is 0 Å². The summed E-state index contributed by atoms with van der Waals surface area (Å²) in [6.07, 6.45) is 95.6. The Hall–Kier alpha value is -1.92. The van der Waals surface area contributed by atoms with E-state index < -0.39 is 12.1 Å². The van der Waals surface area contributed by atoms with E-state index in [1.165, 1.54) is 353 Å². The van der Waals surface area contributed by atoms with E-state index in [-0.39, 0.29) is 18.5 Å². The summed E-state index contributed by atoms with van der Waals surface area (Å²) < 4.78 is 5.50. The molecule has 2 atom stereocenters. The molecule has 0 aromatic heterocycles. The number of hydrogen-bond donors (Lipinski definition) is 3. The number of ether oxygens (including phenoxy) is 1. The molecular weight excluding hydrogens is 1030 g/mol. The van der Waals surface area contributed by atoms with Crippen LogP contribution in [0.25, 0.3) is 0 Å². The zero-order chi connectivity index (χ0) is 60.6. The molecule has 0 aromatic rings. The van der Waals surface area contributed by atoms with E-state index in [1.54, 1.807) is 6.08 Å². The molecule has 84 heavy (non-hydrogen) atoms. The van der Waals surface area contributed by atoms with Crippen LogP contribution in [0.5, 0.6) is 0 Å². The molecular formula is C78H149NO5.